The number of piperidine rings is 1. The Morgan fingerprint density at radius 2 is 2.56 bits per heavy atom. The van der Waals surface area contributed by atoms with E-state index in [4.69, 9.17) is 4.42 Å². The zero-order valence-corrected chi connectivity index (χ0v) is 9.37. The highest BCUT2D eigenvalue weighted by atomic mass is 16.3. The van der Waals surface area contributed by atoms with Crippen molar-refractivity contribution >= 4 is 5.91 Å². The monoisotopic (exact) mass is 222 g/mol. The maximum absolute atomic E-state index is 11.6. The summed E-state index contributed by atoms with van der Waals surface area (Å²) < 4.78 is 5.18. The molecule has 88 valence electrons. The van der Waals surface area contributed by atoms with Crippen molar-refractivity contribution in [1.29, 1.82) is 0 Å². The van der Waals surface area contributed by atoms with Crippen molar-refractivity contribution in [3.8, 4) is 0 Å². The van der Waals surface area contributed by atoms with Gasteiger partial charge in [-0.3, -0.25) is 4.79 Å². The topological polar surface area (TPSA) is 54.3 Å². The Balaban J connectivity index is 1.67. The summed E-state index contributed by atoms with van der Waals surface area (Å²) in [6, 6.07) is 4.05. The zero-order valence-electron chi connectivity index (χ0n) is 9.37. The van der Waals surface area contributed by atoms with Crippen LogP contribution >= 0.6 is 0 Å². The van der Waals surface area contributed by atoms with Gasteiger partial charge in [-0.1, -0.05) is 0 Å². The van der Waals surface area contributed by atoms with Crippen molar-refractivity contribution in [2.24, 2.45) is 0 Å². The van der Waals surface area contributed by atoms with Gasteiger partial charge in [0.15, 0.2) is 0 Å². The lowest BCUT2D eigenvalue weighted by molar-refractivity contribution is -0.121. The molecule has 0 spiro atoms. The number of hydrogen-bond donors (Lipinski definition) is 2. The number of nitrogens with one attached hydrogen (secondary N) is 2. The first-order valence-electron chi connectivity index (χ1n) is 5.87. The SMILES string of the molecule is O=C(CCc1ccco1)N[C@@H]1CCCNC1. The van der Waals surface area contributed by atoms with Crippen LogP contribution in [0.5, 0.6) is 0 Å². The van der Waals surface area contributed by atoms with Crippen LogP contribution in [0.15, 0.2) is 22.8 Å². The zero-order chi connectivity index (χ0) is 11.2. The summed E-state index contributed by atoms with van der Waals surface area (Å²) in [6.45, 7) is 1.96. The van der Waals surface area contributed by atoms with Crippen LogP contribution in [-0.4, -0.2) is 25.0 Å². The van der Waals surface area contributed by atoms with Gasteiger partial charge < -0.3 is 15.1 Å². The standard InChI is InChI=1S/C12H18N2O2/c15-12(6-5-11-4-2-8-16-11)14-10-3-1-7-13-9-10/h2,4,8,10,13H,1,3,5-7,9H2,(H,14,15)/t10-/m1/s1. The van der Waals surface area contributed by atoms with Crippen LogP contribution in [-0.2, 0) is 11.2 Å². The Morgan fingerprint density at radius 3 is 3.25 bits per heavy atom. The van der Waals surface area contributed by atoms with Crippen LogP contribution in [0, 0.1) is 0 Å². The minimum atomic E-state index is 0.116. The van der Waals surface area contributed by atoms with E-state index in [2.05, 4.69) is 10.6 Å². The van der Waals surface area contributed by atoms with E-state index in [-0.39, 0.29) is 5.91 Å². The second-order valence-electron chi connectivity index (χ2n) is 4.19. The van der Waals surface area contributed by atoms with E-state index in [0.29, 0.717) is 18.9 Å². The summed E-state index contributed by atoms with van der Waals surface area (Å²) in [7, 11) is 0. The molecule has 4 nitrogen and oxygen atoms in total. The maximum atomic E-state index is 11.6. The van der Waals surface area contributed by atoms with Crippen LogP contribution in [0.2, 0.25) is 0 Å². The highest BCUT2D eigenvalue weighted by Gasteiger charge is 2.15. The molecule has 1 atom stereocenters. The van der Waals surface area contributed by atoms with Crippen LogP contribution in [0.25, 0.3) is 0 Å². The Morgan fingerprint density at radius 1 is 1.62 bits per heavy atom. The predicted molar refractivity (Wildman–Crippen MR) is 61.1 cm³/mol. The van der Waals surface area contributed by atoms with Crippen molar-refractivity contribution in [2.45, 2.75) is 31.7 Å². The summed E-state index contributed by atoms with van der Waals surface area (Å²) in [5, 5.41) is 6.31. The summed E-state index contributed by atoms with van der Waals surface area (Å²) >= 11 is 0. The lowest BCUT2D eigenvalue weighted by Gasteiger charge is -2.23. The number of hydrogen-bond acceptors (Lipinski definition) is 3. The molecular formula is C12H18N2O2. The van der Waals surface area contributed by atoms with Crippen molar-refractivity contribution in [2.75, 3.05) is 13.1 Å². The number of aryl methyl sites for hydroxylation is 1. The first kappa shape index (κ1) is 11.2. The minimum Gasteiger partial charge on any atom is -0.469 e. The molecule has 0 aliphatic carbocycles. The van der Waals surface area contributed by atoms with Gasteiger partial charge >= 0.3 is 0 Å². The molecule has 2 heterocycles. The van der Waals surface area contributed by atoms with E-state index < -0.39 is 0 Å². The number of carbonyl (C=O) groups excluding carboxylic acids is 1. The van der Waals surface area contributed by atoms with E-state index in [1.807, 2.05) is 12.1 Å². The average molecular weight is 222 g/mol. The van der Waals surface area contributed by atoms with Gasteiger partial charge in [0.1, 0.15) is 5.76 Å². The van der Waals surface area contributed by atoms with Crippen molar-refractivity contribution in [1.82, 2.24) is 10.6 Å². The molecule has 2 N–H and O–H groups in total. The normalized spacial score (nSPS) is 20.6. The van der Waals surface area contributed by atoms with E-state index in [1.54, 1.807) is 6.26 Å². The molecule has 0 unspecified atom stereocenters. The van der Waals surface area contributed by atoms with E-state index in [1.165, 1.54) is 0 Å². The Hall–Kier alpha value is -1.29. The van der Waals surface area contributed by atoms with Gasteiger partial charge in [0.05, 0.1) is 6.26 Å². The molecule has 4 heteroatoms. The fraction of sp³-hybridized carbons (Fsp3) is 0.583. The third-order valence-electron chi connectivity index (χ3n) is 2.84. The Labute approximate surface area is 95.4 Å². The number of carbonyl (C=O) groups is 1. The van der Waals surface area contributed by atoms with Gasteiger partial charge in [0.25, 0.3) is 0 Å². The molecule has 0 radical (unpaired) electrons. The van der Waals surface area contributed by atoms with E-state index in [9.17, 15) is 4.79 Å². The predicted octanol–water partition coefficient (Wildman–Crippen LogP) is 1.08. The fourth-order valence-corrected chi connectivity index (χ4v) is 1.97. The summed E-state index contributed by atoms with van der Waals surface area (Å²) in [5.41, 5.74) is 0. The van der Waals surface area contributed by atoms with Gasteiger partial charge in [-0.15, -0.1) is 0 Å². The molecule has 1 aliphatic rings. The average Bonchev–Trinajstić information content (AvgIpc) is 2.81. The first-order valence-corrected chi connectivity index (χ1v) is 5.87. The van der Waals surface area contributed by atoms with E-state index >= 15 is 0 Å². The molecule has 2 rings (SSSR count). The summed E-state index contributed by atoms with van der Waals surface area (Å²) in [6.07, 6.45) is 5.05. The third kappa shape index (κ3) is 3.38. The van der Waals surface area contributed by atoms with Gasteiger partial charge in [-0.2, -0.15) is 0 Å². The number of rotatable bonds is 4. The molecule has 1 aromatic rings. The second kappa shape index (κ2) is 5.70. The second-order valence-corrected chi connectivity index (χ2v) is 4.19. The smallest absolute Gasteiger partial charge is 0.220 e. The van der Waals surface area contributed by atoms with E-state index in [0.717, 1.165) is 31.7 Å². The number of furan rings is 1. The van der Waals surface area contributed by atoms with Gasteiger partial charge in [-0.05, 0) is 31.5 Å². The quantitative estimate of drug-likeness (QED) is 0.801. The first-order chi connectivity index (χ1) is 7.84. The summed E-state index contributed by atoms with van der Waals surface area (Å²) in [5.74, 6) is 0.988. The molecule has 1 saturated heterocycles. The molecule has 1 fully saturated rings. The summed E-state index contributed by atoms with van der Waals surface area (Å²) in [4.78, 5) is 11.6. The lowest BCUT2D eigenvalue weighted by Crippen LogP contribution is -2.45. The maximum Gasteiger partial charge on any atom is 0.220 e. The Bertz CT molecular complexity index is 316. The van der Waals surface area contributed by atoms with Crippen molar-refractivity contribution in [3.05, 3.63) is 24.2 Å². The largest absolute Gasteiger partial charge is 0.469 e. The molecule has 0 bridgehead atoms. The molecular weight excluding hydrogens is 204 g/mol. The van der Waals surface area contributed by atoms with Crippen molar-refractivity contribution in [3.63, 3.8) is 0 Å². The van der Waals surface area contributed by atoms with Crippen LogP contribution in [0.3, 0.4) is 0 Å². The number of amides is 1. The van der Waals surface area contributed by atoms with Crippen molar-refractivity contribution < 1.29 is 9.21 Å². The fourth-order valence-electron chi connectivity index (χ4n) is 1.97. The highest BCUT2D eigenvalue weighted by Crippen LogP contribution is 2.05. The minimum absolute atomic E-state index is 0.116. The molecule has 16 heavy (non-hydrogen) atoms. The molecule has 0 aromatic carbocycles. The highest BCUT2D eigenvalue weighted by molar-refractivity contribution is 5.76. The molecule has 1 amide bonds. The van der Waals surface area contributed by atoms with Gasteiger partial charge in [0, 0.05) is 25.4 Å². The molecule has 1 aromatic heterocycles. The lowest BCUT2D eigenvalue weighted by atomic mass is 10.1. The Kier molecular flexibility index (Phi) is 3.99. The third-order valence-corrected chi connectivity index (χ3v) is 2.84. The van der Waals surface area contributed by atoms with Crippen LogP contribution < -0.4 is 10.6 Å². The molecule has 1 aliphatic heterocycles. The van der Waals surface area contributed by atoms with Crippen LogP contribution in [0.1, 0.15) is 25.0 Å². The van der Waals surface area contributed by atoms with Crippen LogP contribution in [0.4, 0.5) is 0 Å². The molecule has 0 saturated carbocycles. The van der Waals surface area contributed by atoms with Gasteiger partial charge in [-0.25, -0.2) is 0 Å². The van der Waals surface area contributed by atoms with Gasteiger partial charge in [0.2, 0.25) is 5.91 Å².